The molecule has 14 heavy (non-hydrogen) atoms. The molecule has 0 spiro atoms. The van der Waals surface area contributed by atoms with E-state index in [0.717, 1.165) is 0 Å². The molecule has 0 bridgehead atoms. The average Bonchev–Trinajstić information content (AvgIpc) is 2.62. The summed E-state index contributed by atoms with van der Waals surface area (Å²) >= 11 is 0. The molecule has 0 radical (unpaired) electrons. The number of hydrogen-bond donors (Lipinski definition) is 1. The molecule has 1 aromatic rings. The van der Waals surface area contributed by atoms with Gasteiger partial charge in [0.25, 0.3) is 0 Å². The molecular weight excluding hydrogens is 184 g/mol. The first-order valence-electron chi connectivity index (χ1n) is 4.38. The molecule has 1 aliphatic rings. The zero-order valence-corrected chi connectivity index (χ0v) is 8.11. The second-order valence-corrected chi connectivity index (χ2v) is 3.09. The molecule has 1 aliphatic heterocycles. The Balaban J connectivity index is 2.56. The number of hydrogen-bond acceptors (Lipinski definition) is 4. The van der Waals surface area contributed by atoms with Crippen LogP contribution in [0.25, 0.3) is 0 Å². The molecular formula is C10H12O4. The van der Waals surface area contributed by atoms with Crippen molar-refractivity contribution in [1.82, 2.24) is 0 Å². The standard InChI is InChI=1S/C10H12O4/c1-6(11)9-7(12-2)3-4-8-10(9)14-5-13-8/h3-4,6,11H,5H2,1-2H3. The van der Waals surface area contributed by atoms with Crippen LogP contribution in [0, 0.1) is 0 Å². The fourth-order valence-electron chi connectivity index (χ4n) is 1.55. The number of benzene rings is 1. The summed E-state index contributed by atoms with van der Waals surface area (Å²) in [5.74, 6) is 1.85. The first kappa shape index (κ1) is 9.15. The number of methoxy groups -OCH3 is 1. The van der Waals surface area contributed by atoms with Crippen molar-refractivity contribution in [1.29, 1.82) is 0 Å². The number of ether oxygens (including phenoxy) is 3. The first-order valence-corrected chi connectivity index (χ1v) is 4.38. The molecule has 0 aliphatic carbocycles. The molecule has 0 fully saturated rings. The monoisotopic (exact) mass is 196 g/mol. The van der Waals surface area contributed by atoms with E-state index in [2.05, 4.69) is 0 Å². The van der Waals surface area contributed by atoms with Crippen molar-refractivity contribution in [3.63, 3.8) is 0 Å². The average molecular weight is 196 g/mol. The summed E-state index contributed by atoms with van der Waals surface area (Å²) in [6.45, 7) is 1.86. The molecule has 4 nitrogen and oxygen atoms in total. The van der Waals surface area contributed by atoms with E-state index in [1.54, 1.807) is 26.2 Å². The van der Waals surface area contributed by atoms with E-state index in [1.807, 2.05) is 0 Å². The molecule has 0 saturated carbocycles. The lowest BCUT2D eigenvalue weighted by Gasteiger charge is -2.13. The van der Waals surface area contributed by atoms with Gasteiger partial charge in [-0.2, -0.15) is 0 Å². The highest BCUT2D eigenvalue weighted by Gasteiger charge is 2.24. The molecule has 1 N–H and O–H groups in total. The highest BCUT2D eigenvalue weighted by atomic mass is 16.7. The van der Waals surface area contributed by atoms with Crippen LogP contribution in [0.5, 0.6) is 17.2 Å². The van der Waals surface area contributed by atoms with Crippen LogP contribution in [0.4, 0.5) is 0 Å². The van der Waals surface area contributed by atoms with Crippen LogP contribution in [0.3, 0.4) is 0 Å². The molecule has 76 valence electrons. The van der Waals surface area contributed by atoms with Gasteiger partial charge < -0.3 is 19.3 Å². The molecule has 1 unspecified atom stereocenters. The smallest absolute Gasteiger partial charge is 0.231 e. The summed E-state index contributed by atoms with van der Waals surface area (Å²) < 4.78 is 15.6. The van der Waals surface area contributed by atoms with E-state index in [9.17, 15) is 5.11 Å². The molecule has 0 aromatic heterocycles. The summed E-state index contributed by atoms with van der Waals surface area (Å²) in [5.41, 5.74) is 0.641. The predicted molar refractivity (Wildman–Crippen MR) is 49.8 cm³/mol. The van der Waals surface area contributed by atoms with Crippen LogP contribution < -0.4 is 14.2 Å². The summed E-state index contributed by atoms with van der Waals surface area (Å²) in [5, 5.41) is 9.58. The van der Waals surface area contributed by atoms with Crippen molar-refractivity contribution in [2.75, 3.05) is 13.9 Å². The van der Waals surface area contributed by atoms with Crippen molar-refractivity contribution >= 4 is 0 Å². The molecule has 2 rings (SSSR count). The lowest BCUT2D eigenvalue weighted by molar-refractivity contribution is 0.162. The van der Waals surface area contributed by atoms with Gasteiger partial charge in [-0.15, -0.1) is 0 Å². The lowest BCUT2D eigenvalue weighted by atomic mass is 10.1. The first-order chi connectivity index (χ1) is 6.74. The Morgan fingerprint density at radius 3 is 2.86 bits per heavy atom. The zero-order valence-electron chi connectivity index (χ0n) is 8.11. The minimum Gasteiger partial charge on any atom is -0.496 e. The normalized spacial score (nSPS) is 15.4. The van der Waals surface area contributed by atoms with Gasteiger partial charge in [-0.05, 0) is 19.1 Å². The van der Waals surface area contributed by atoms with Gasteiger partial charge in [0.05, 0.1) is 18.8 Å². The second kappa shape index (κ2) is 3.38. The Hall–Kier alpha value is -1.42. The predicted octanol–water partition coefficient (Wildman–Crippen LogP) is 1.48. The van der Waals surface area contributed by atoms with E-state index in [-0.39, 0.29) is 6.79 Å². The van der Waals surface area contributed by atoms with Gasteiger partial charge in [-0.1, -0.05) is 0 Å². The molecule has 0 saturated heterocycles. The Bertz CT molecular complexity index is 346. The van der Waals surface area contributed by atoms with Crippen LogP contribution in [0.1, 0.15) is 18.6 Å². The van der Waals surface area contributed by atoms with Gasteiger partial charge >= 0.3 is 0 Å². The minimum atomic E-state index is -0.637. The van der Waals surface area contributed by atoms with Crippen molar-refractivity contribution in [2.24, 2.45) is 0 Å². The van der Waals surface area contributed by atoms with Gasteiger partial charge in [0, 0.05) is 0 Å². The van der Waals surface area contributed by atoms with Crippen molar-refractivity contribution < 1.29 is 19.3 Å². The van der Waals surface area contributed by atoms with Gasteiger partial charge in [0.1, 0.15) is 5.75 Å². The van der Waals surface area contributed by atoms with E-state index in [4.69, 9.17) is 14.2 Å². The lowest BCUT2D eigenvalue weighted by Crippen LogP contribution is -1.99. The number of aliphatic hydroxyl groups is 1. The number of fused-ring (bicyclic) bond motifs is 1. The van der Waals surface area contributed by atoms with Gasteiger partial charge in [-0.25, -0.2) is 0 Å². The highest BCUT2D eigenvalue weighted by molar-refractivity contribution is 5.55. The maximum absolute atomic E-state index is 9.58. The topological polar surface area (TPSA) is 47.9 Å². The summed E-state index contributed by atoms with van der Waals surface area (Å²) in [6, 6.07) is 3.53. The maximum Gasteiger partial charge on any atom is 0.231 e. The SMILES string of the molecule is COc1ccc2c(c1C(C)O)OCO2. The van der Waals surface area contributed by atoms with Crippen molar-refractivity contribution in [3.05, 3.63) is 17.7 Å². The van der Waals surface area contributed by atoms with Crippen LogP contribution in [-0.2, 0) is 0 Å². The molecule has 1 atom stereocenters. The van der Waals surface area contributed by atoms with Crippen LogP contribution in [0.2, 0.25) is 0 Å². The highest BCUT2D eigenvalue weighted by Crippen LogP contribution is 2.43. The third-order valence-corrected chi connectivity index (χ3v) is 2.18. The Labute approximate surface area is 82.0 Å². The zero-order chi connectivity index (χ0) is 10.1. The van der Waals surface area contributed by atoms with Crippen molar-refractivity contribution in [2.45, 2.75) is 13.0 Å². The Morgan fingerprint density at radius 2 is 2.21 bits per heavy atom. The van der Waals surface area contributed by atoms with Gasteiger partial charge in [0.2, 0.25) is 6.79 Å². The number of aliphatic hydroxyl groups excluding tert-OH is 1. The van der Waals surface area contributed by atoms with E-state index < -0.39 is 6.10 Å². The fraction of sp³-hybridized carbons (Fsp3) is 0.400. The maximum atomic E-state index is 9.58. The Morgan fingerprint density at radius 1 is 1.43 bits per heavy atom. The number of rotatable bonds is 2. The third-order valence-electron chi connectivity index (χ3n) is 2.18. The quantitative estimate of drug-likeness (QED) is 0.778. The summed E-state index contributed by atoms with van der Waals surface area (Å²) in [4.78, 5) is 0. The molecule has 1 aromatic carbocycles. The van der Waals surface area contributed by atoms with E-state index in [1.165, 1.54) is 0 Å². The van der Waals surface area contributed by atoms with E-state index >= 15 is 0 Å². The Kier molecular flexibility index (Phi) is 2.21. The van der Waals surface area contributed by atoms with Crippen LogP contribution in [-0.4, -0.2) is 19.0 Å². The molecule has 4 heteroatoms. The molecule has 1 heterocycles. The largest absolute Gasteiger partial charge is 0.496 e. The van der Waals surface area contributed by atoms with Crippen molar-refractivity contribution in [3.8, 4) is 17.2 Å². The third kappa shape index (κ3) is 1.28. The summed E-state index contributed by atoms with van der Waals surface area (Å²) in [6.07, 6.45) is -0.637. The van der Waals surface area contributed by atoms with Crippen LogP contribution >= 0.6 is 0 Å². The second-order valence-electron chi connectivity index (χ2n) is 3.09. The summed E-state index contributed by atoms with van der Waals surface area (Å²) in [7, 11) is 1.56. The van der Waals surface area contributed by atoms with Crippen LogP contribution in [0.15, 0.2) is 12.1 Å². The van der Waals surface area contributed by atoms with E-state index in [0.29, 0.717) is 22.8 Å². The van der Waals surface area contributed by atoms with Gasteiger partial charge in [0.15, 0.2) is 11.5 Å². The molecule has 0 amide bonds. The fourth-order valence-corrected chi connectivity index (χ4v) is 1.55. The van der Waals surface area contributed by atoms with Gasteiger partial charge in [-0.3, -0.25) is 0 Å². The minimum absolute atomic E-state index is 0.197.